The first-order valence-electron chi connectivity index (χ1n) is 6.78. The SMILES string of the molecule is COC(=O)c1ccc(NCC(C)(C)c2cccs2)nc1C. The summed E-state index contributed by atoms with van der Waals surface area (Å²) in [5.41, 5.74) is 1.20. The number of carbonyl (C=O) groups excluding carboxylic acids is 1. The third-order valence-electron chi connectivity index (χ3n) is 3.39. The molecule has 0 aliphatic carbocycles. The van der Waals surface area contributed by atoms with Crippen LogP contribution in [0.2, 0.25) is 0 Å². The van der Waals surface area contributed by atoms with Gasteiger partial charge in [0.15, 0.2) is 0 Å². The van der Waals surface area contributed by atoms with Crippen molar-refractivity contribution in [3.8, 4) is 0 Å². The molecule has 4 nitrogen and oxygen atoms in total. The molecular weight excluding hydrogens is 284 g/mol. The molecule has 1 N–H and O–H groups in total. The fraction of sp³-hybridized carbons (Fsp3) is 0.375. The second-order valence-corrected chi connectivity index (χ2v) is 6.48. The van der Waals surface area contributed by atoms with E-state index < -0.39 is 0 Å². The first-order chi connectivity index (χ1) is 9.94. The van der Waals surface area contributed by atoms with Crippen molar-refractivity contribution in [2.45, 2.75) is 26.2 Å². The minimum absolute atomic E-state index is 0.0325. The molecule has 0 aliphatic heterocycles. The van der Waals surface area contributed by atoms with Gasteiger partial charge in [-0.2, -0.15) is 0 Å². The molecule has 0 aliphatic rings. The predicted octanol–water partition coefficient (Wildman–Crippen LogP) is 3.63. The Morgan fingerprint density at radius 3 is 2.71 bits per heavy atom. The lowest BCUT2D eigenvalue weighted by molar-refractivity contribution is 0.0599. The van der Waals surface area contributed by atoms with Crippen molar-refractivity contribution in [3.63, 3.8) is 0 Å². The first kappa shape index (κ1) is 15.5. The number of methoxy groups -OCH3 is 1. The van der Waals surface area contributed by atoms with Crippen molar-refractivity contribution in [1.29, 1.82) is 0 Å². The molecule has 2 heterocycles. The lowest BCUT2D eigenvalue weighted by Gasteiger charge is -2.24. The van der Waals surface area contributed by atoms with Gasteiger partial charge in [-0.15, -0.1) is 11.3 Å². The highest BCUT2D eigenvalue weighted by molar-refractivity contribution is 7.10. The van der Waals surface area contributed by atoms with E-state index in [1.807, 2.05) is 13.0 Å². The van der Waals surface area contributed by atoms with Gasteiger partial charge in [0.1, 0.15) is 5.82 Å². The summed E-state index contributed by atoms with van der Waals surface area (Å²) in [4.78, 5) is 17.3. The highest BCUT2D eigenvalue weighted by Gasteiger charge is 2.21. The average Bonchev–Trinajstić information content (AvgIpc) is 2.99. The van der Waals surface area contributed by atoms with Crippen molar-refractivity contribution in [1.82, 2.24) is 4.98 Å². The zero-order valence-electron chi connectivity index (χ0n) is 12.8. The van der Waals surface area contributed by atoms with Gasteiger partial charge in [-0.3, -0.25) is 0 Å². The average molecular weight is 304 g/mol. The topological polar surface area (TPSA) is 51.2 Å². The van der Waals surface area contributed by atoms with Gasteiger partial charge < -0.3 is 10.1 Å². The lowest BCUT2D eigenvalue weighted by atomic mass is 9.91. The summed E-state index contributed by atoms with van der Waals surface area (Å²) in [6.07, 6.45) is 0. The van der Waals surface area contributed by atoms with Gasteiger partial charge in [0.2, 0.25) is 0 Å². The summed E-state index contributed by atoms with van der Waals surface area (Å²) < 4.78 is 4.72. The number of rotatable bonds is 5. The number of ether oxygens (including phenoxy) is 1. The molecule has 0 fully saturated rings. The molecule has 112 valence electrons. The van der Waals surface area contributed by atoms with E-state index in [0.29, 0.717) is 11.3 Å². The van der Waals surface area contributed by atoms with Gasteiger partial charge in [0.25, 0.3) is 0 Å². The van der Waals surface area contributed by atoms with E-state index in [2.05, 4.69) is 41.7 Å². The fourth-order valence-corrected chi connectivity index (χ4v) is 2.90. The number of esters is 1. The van der Waals surface area contributed by atoms with Crippen LogP contribution in [0.4, 0.5) is 5.82 Å². The molecule has 21 heavy (non-hydrogen) atoms. The normalized spacial score (nSPS) is 11.2. The van der Waals surface area contributed by atoms with E-state index in [-0.39, 0.29) is 11.4 Å². The number of aryl methyl sites for hydroxylation is 1. The lowest BCUT2D eigenvalue weighted by Crippen LogP contribution is -2.27. The van der Waals surface area contributed by atoms with Gasteiger partial charge in [-0.1, -0.05) is 19.9 Å². The van der Waals surface area contributed by atoms with E-state index in [9.17, 15) is 4.79 Å². The summed E-state index contributed by atoms with van der Waals surface area (Å²) in [6.45, 7) is 6.97. The van der Waals surface area contributed by atoms with E-state index in [0.717, 1.165) is 12.4 Å². The molecule has 2 aromatic heterocycles. The van der Waals surface area contributed by atoms with Gasteiger partial charge in [0.05, 0.1) is 18.4 Å². The number of pyridine rings is 1. The number of anilines is 1. The number of nitrogens with zero attached hydrogens (tertiary/aromatic N) is 1. The van der Waals surface area contributed by atoms with E-state index >= 15 is 0 Å². The molecule has 5 heteroatoms. The molecule has 0 saturated carbocycles. The van der Waals surface area contributed by atoms with Crippen LogP contribution in [0.25, 0.3) is 0 Å². The number of hydrogen-bond acceptors (Lipinski definition) is 5. The van der Waals surface area contributed by atoms with E-state index in [4.69, 9.17) is 4.74 Å². The molecule has 0 unspecified atom stereocenters. The van der Waals surface area contributed by atoms with Crippen LogP contribution in [-0.2, 0) is 10.2 Å². The van der Waals surface area contributed by atoms with Crippen LogP contribution in [0.5, 0.6) is 0 Å². The Kier molecular flexibility index (Phi) is 4.63. The van der Waals surface area contributed by atoms with Crippen molar-refractivity contribution < 1.29 is 9.53 Å². The Labute approximate surface area is 129 Å². The van der Waals surface area contributed by atoms with Crippen LogP contribution in [0.1, 0.15) is 34.8 Å². The Morgan fingerprint density at radius 1 is 1.38 bits per heavy atom. The molecular formula is C16H20N2O2S. The quantitative estimate of drug-likeness (QED) is 0.857. The minimum Gasteiger partial charge on any atom is -0.465 e. The number of nitrogens with one attached hydrogen (secondary N) is 1. The largest absolute Gasteiger partial charge is 0.465 e. The first-order valence-corrected chi connectivity index (χ1v) is 7.66. The highest BCUT2D eigenvalue weighted by atomic mass is 32.1. The zero-order valence-corrected chi connectivity index (χ0v) is 13.6. The summed E-state index contributed by atoms with van der Waals surface area (Å²) >= 11 is 1.76. The van der Waals surface area contributed by atoms with Crippen molar-refractivity contribution in [2.75, 3.05) is 19.0 Å². The van der Waals surface area contributed by atoms with Crippen LogP contribution >= 0.6 is 11.3 Å². The molecule has 0 spiro atoms. The van der Waals surface area contributed by atoms with Crippen LogP contribution in [0.15, 0.2) is 29.6 Å². The Balaban J connectivity index is 2.07. The molecule has 2 rings (SSSR count). The van der Waals surface area contributed by atoms with Crippen LogP contribution < -0.4 is 5.32 Å². The number of aromatic nitrogens is 1. The number of hydrogen-bond donors (Lipinski definition) is 1. The third kappa shape index (κ3) is 3.61. The Hall–Kier alpha value is -1.88. The van der Waals surface area contributed by atoms with Crippen molar-refractivity contribution in [3.05, 3.63) is 45.8 Å². The second kappa shape index (κ2) is 6.26. The second-order valence-electron chi connectivity index (χ2n) is 5.54. The molecule has 0 radical (unpaired) electrons. The molecule has 0 aromatic carbocycles. The van der Waals surface area contributed by atoms with Crippen molar-refractivity contribution >= 4 is 23.1 Å². The maximum absolute atomic E-state index is 11.5. The van der Waals surface area contributed by atoms with Gasteiger partial charge >= 0.3 is 5.97 Å². The van der Waals surface area contributed by atoms with Gasteiger partial charge in [-0.05, 0) is 30.5 Å². The summed E-state index contributed by atoms with van der Waals surface area (Å²) in [7, 11) is 1.37. The molecule has 0 amide bonds. The highest BCUT2D eigenvalue weighted by Crippen LogP contribution is 2.27. The standard InChI is InChI=1S/C16H20N2O2S/c1-11-12(15(19)20-4)7-8-14(18-11)17-10-16(2,3)13-6-5-9-21-13/h5-9H,10H2,1-4H3,(H,17,18). The van der Waals surface area contributed by atoms with Crippen LogP contribution in [0.3, 0.4) is 0 Å². The molecule has 2 aromatic rings. The predicted molar refractivity (Wildman–Crippen MR) is 86.1 cm³/mol. The number of thiophene rings is 1. The number of carbonyl (C=O) groups is 1. The van der Waals surface area contributed by atoms with Crippen molar-refractivity contribution in [2.24, 2.45) is 0 Å². The minimum atomic E-state index is -0.356. The smallest absolute Gasteiger partial charge is 0.339 e. The Bertz CT molecular complexity index is 621. The maximum atomic E-state index is 11.5. The molecule has 0 atom stereocenters. The summed E-state index contributed by atoms with van der Waals surface area (Å²) in [6, 6.07) is 7.76. The molecule has 0 saturated heterocycles. The van der Waals surface area contributed by atoms with Crippen LogP contribution in [-0.4, -0.2) is 24.6 Å². The summed E-state index contributed by atoms with van der Waals surface area (Å²) in [5, 5.41) is 5.43. The van der Waals surface area contributed by atoms with Gasteiger partial charge in [0, 0.05) is 16.8 Å². The van der Waals surface area contributed by atoms with Crippen LogP contribution in [0, 0.1) is 6.92 Å². The fourth-order valence-electron chi connectivity index (χ4n) is 2.05. The zero-order chi connectivity index (χ0) is 15.5. The van der Waals surface area contributed by atoms with Gasteiger partial charge in [-0.25, -0.2) is 9.78 Å². The van der Waals surface area contributed by atoms with E-state index in [1.54, 1.807) is 17.4 Å². The van der Waals surface area contributed by atoms with E-state index in [1.165, 1.54) is 12.0 Å². The Morgan fingerprint density at radius 2 is 2.14 bits per heavy atom. The molecule has 0 bridgehead atoms. The maximum Gasteiger partial charge on any atom is 0.339 e. The third-order valence-corrected chi connectivity index (χ3v) is 4.63. The monoisotopic (exact) mass is 304 g/mol. The summed E-state index contributed by atoms with van der Waals surface area (Å²) in [5.74, 6) is 0.412.